The van der Waals surface area contributed by atoms with Gasteiger partial charge >= 0.3 is 0 Å². The molecule has 0 aliphatic carbocycles. The minimum absolute atomic E-state index is 0.109. The topological polar surface area (TPSA) is 99.1 Å². The number of amidine groups is 1. The van der Waals surface area contributed by atoms with Crippen LogP contribution in [0.15, 0.2) is 24.3 Å². The van der Waals surface area contributed by atoms with Crippen LogP contribution in [0.25, 0.3) is 0 Å². The van der Waals surface area contributed by atoms with Gasteiger partial charge in [0.2, 0.25) is 17.4 Å². The largest absolute Gasteiger partial charge is 0.490 e. The van der Waals surface area contributed by atoms with Gasteiger partial charge < -0.3 is 29.0 Å². The van der Waals surface area contributed by atoms with Crippen LogP contribution < -0.4 is 29.0 Å². The number of carbonyl (C=O) groups is 1. The zero-order valence-corrected chi connectivity index (χ0v) is 24.4. The van der Waals surface area contributed by atoms with Gasteiger partial charge in [0.25, 0.3) is 0 Å². The third-order valence-electron chi connectivity index (χ3n) is 7.52. The van der Waals surface area contributed by atoms with E-state index in [-0.39, 0.29) is 16.3 Å². The van der Waals surface area contributed by atoms with E-state index in [9.17, 15) is 4.79 Å². The summed E-state index contributed by atoms with van der Waals surface area (Å²) in [7, 11) is 3.27. The molecule has 0 radical (unpaired) electrons. The Bertz CT molecular complexity index is 1190. The molecule has 4 rings (SSSR count). The molecule has 0 saturated carbocycles. The monoisotopic (exact) mass is 556 g/mol. The average molecular weight is 557 g/mol. The smallest absolute Gasteiger partial charge is 0.239 e. The molecule has 2 aromatic rings. The number of fused-ring (bicyclic) bond motifs is 1. The molecule has 2 aromatic carbocycles. The first-order valence-electron chi connectivity index (χ1n) is 13.7. The van der Waals surface area contributed by atoms with Crippen molar-refractivity contribution in [2.75, 3.05) is 27.4 Å². The molecule has 0 bridgehead atoms. The summed E-state index contributed by atoms with van der Waals surface area (Å²) in [5.41, 5.74) is 2.63. The van der Waals surface area contributed by atoms with E-state index in [1.807, 2.05) is 24.3 Å². The molecular weight excluding hydrogens is 516 g/mol. The molecule has 2 N–H and O–H groups in total. The Balaban J connectivity index is 1.48. The lowest BCUT2D eigenvalue weighted by Gasteiger charge is -2.39. The maximum Gasteiger partial charge on any atom is 0.239 e. The summed E-state index contributed by atoms with van der Waals surface area (Å²) in [5, 5.41) is 10.1. The number of hydrogen-bond acceptors (Lipinski definition) is 8. The number of thioether (sulfide) groups is 1. The molecule has 212 valence electrons. The molecule has 1 fully saturated rings. The number of ether oxygens (including phenoxy) is 5. The van der Waals surface area contributed by atoms with Crippen LogP contribution in [0.2, 0.25) is 0 Å². The standard InChI is InChI=1S/C30H40N2O6S/c1-6-8-9-16-36-24-19(3)22-14-15-30(7-2,38-25(22)27(35-5)26(24)34-4)18-37-21-12-10-20(11-13-21)17-23-28(33)32-29(31)39-23/h10-13,23H,6-9,14-18H2,1-5H3,(H2,31,32,33). The second-order valence-corrected chi connectivity index (χ2v) is 11.3. The number of amides is 1. The second kappa shape index (κ2) is 12.9. The maximum atomic E-state index is 12.0. The molecule has 1 amide bonds. The van der Waals surface area contributed by atoms with Crippen LogP contribution in [0.3, 0.4) is 0 Å². The molecule has 2 heterocycles. The lowest BCUT2D eigenvalue weighted by molar-refractivity contribution is -0.118. The van der Waals surface area contributed by atoms with Crippen LogP contribution in [0.5, 0.6) is 28.7 Å². The fraction of sp³-hybridized carbons (Fsp3) is 0.533. The Kier molecular flexibility index (Phi) is 9.53. The van der Waals surface area contributed by atoms with E-state index in [1.165, 1.54) is 11.8 Å². The van der Waals surface area contributed by atoms with Gasteiger partial charge in [0, 0.05) is 11.1 Å². The third-order valence-corrected chi connectivity index (χ3v) is 8.52. The highest BCUT2D eigenvalue weighted by atomic mass is 32.2. The van der Waals surface area contributed by atoms with E-state index in [4.69, 9.17) is 29.1 Å². The number of benzene rings is 2. The molecule has 0 spiro atoms. The molecule has 39 heavy (non-hydrogen) atoms. The van der Waals surface area contributed by atoms with Crippen LogP contribution >= 0.6 is 11.8 Å². The minimum atomic E-state index is -0.515. The Morgan fingerprint density at radius 3 is 2.44 bits per heavy atom. The Morgan fingerprint density at radius 2 is 1.82 bits per heavy atom. The van der Waals surface area contributed by atoms with Crippen molar-refractivity contribution in [2.24, 2.45) is 0 Å². The van der Waals surface area contributed by atoms with Gasteiger partial charge in [-0.1, -0.05) is 50.6 Å². The van der Waals surface area contributed by atoms with E-state index in [0.717, 1.165) is 66.7 Å². The zero-order chi connectivity index (χ0) is 28.0. The normalized spacial score (nSPS) is 20.2. The quantitative estimate of drug-likeness (QED) is 0.299. The van der Waals surface area contributed by atoms with Crippen LogP contribution in [0.1, 0.15) is 62.6 Å². The lowest BCUT2D eigenvalue weighted by Crippen LogP contribution is -2.44. The van der Waals surface area contributed by atoms with E-state index >= 15 is 0 Å². The number of rotatable bonds is 13. The number of hydrogen-bond donors (Lipinski definition) is 2. The Morgan fingerprint density at radius 1 is 1.08 bits per heavy atom. The fourth-order valence-corrected chi connectivity index (χ4v) is 5.96. The number of methoxy groups -OCH3 is 2. The van der Waals surface area contributed by atoms with Gasteiger partial charge in [0.05, 0.1) is 26.1 Å². The van der Waals surface area contributed by atoms with Crippen molar-refractivity contribution >= 4 is 22.8 Å². The molecule has 0 aromatic heterocycles. The average Bonchev–Trinajstić information content (AvgIpc) is 3.27. The highest BCUT2D eigenvalue weighted by molar-refractivity contribution is 8.15. The first-order valence-corrected chi connectivity index (χ1v) is 14.6. The van der Waals surface area contributed by atoms with Gasteiger partial charge in [0.15, 0.2) is 16.7 Å². The molecular formula is C30H40N2O6S. The van der Waals surface area contributed by atoms with Crippen molar-refractivity contribution in [3.63, 3.8) is 0 Å². The van der Waals surface area contributed by atoms with Crippen LogP contribution in [-0.2, 0) is 17.6 Å². The SMILES string of the molecule is CCCCCOc1c(C)c2c(c(OC)c1OC)OC(CC)(COc1ccc(CC3SC(=N)NC3=O)cc1)CC2. The highest BCUT2D eigenvalue weighted by Gasteiger charge is 2.40. The van der Waals surface area contributed by atoms with Crippen molar-refractivity contribution in [3.05, 3.63) is 41.0 Å². The second-order valence-electron chi connectivity index (χ2n) is 10.1. The first-order chi connectivity index (χ1) is 18.8. The molecule has 2 atom stereocenters. The van der Waals surface area contributed by atoms with Gasteiger partial charge in [-0.25, -0.2) is 0 Å². The summed E-state index contributed by atoms with van der Waals surface area (Å²) in [6.07, 6.45) is 6.21. The summed E-state index contributed by atoms with van der Waals surface area (Å²) in [5.74, 6) is 3.21. The number of unbranched alkanes of at least 4 members (excludes halogenated alkanes) is 2. The van der Waals surface area contributed by atoms with E-state index < -0.39 is 5.60 Å². The molecule has 2 unspecified atom stereocenters. The van der Waals surface area contributed by atoms with Crippen LogP contribution in [0, 0.1) is 12.3 Å². The van der Waals surface area contributed by atoms with Gasteiger partial charge in [0.1, 0.15) is 18.0 Å². The highest BCUT2D eigenvalue weighted by Crippen LogP contribution is 2.53. The summed E-state index contributed by atoms with van der Waals surface area (Å²) < 4.78 is 30.7. The van der Waals surface area contributed by atoms with Gasteiger partial charge in [-0.3, -0.25) is 10.2 Å². The van der Waals surface area contributed by atoms with Crippen molar-refractivity contribution in [2.45, 2.75) is 76.6 Å². The minimum Gasteiger partial charge on any atom is -0.490 e. The first kappa shape index (κ1) is 28.9. The molecule has 9 heteroatoms. The Hall–Kier alpha value is -3.07. The zero-order valence-electron chi connectivity index (χ0n) is 23.6. The van der Waals surface area contributed by atoms with Crippen molar-refractivity contribution in [1.29, 1.82) is 5.41 Å². The van der Waals surface area contributed by atoms with Crippen LogP contribution in [-0.4, -0.2) is 49.4 Å². The van der Waals surface area contributed by atoms with Gasteiger partial charge in [-0.05, 0) is 56.7 Å². The lowest BCUT2D eigenvalue weighted by atomic mass is 9.87. The predicted octanol–water partition coefficient (Wildman–Crippen LogP) is 5.84. The van der Waals surface area contributed by atoms with Crippen molar-refractivity contribution in [1.82, 2.24) is 5.32 Å². The summed E-state index contributed by atoms with van der Waals surface area (Å²) in [6, 6.07) is 7.79. The van der Waals surface area contributed by atoms with E-state index in [2.05, 4.69) is 26.1 Å². The molecule has 2 aliphatic rings. The molecule has 2 aliphatic heterocycles. The number of nitrogens with one attached hydrogen (secondary N) is 2. The van der Waals surface area contributed by atoms with E-state index in [1.54, 1.807) is 14.2 Å². The summed E-state index contributed by atoms with van der Waals surface area (Å²) >= 11 is 1.26. The number of carbonyl (C=O) groups excluding carboxylic acids is 1. The third kappa shape index (κ3) is 6.40. The summed E-state index contributed by atoms with van der Waals surface area (Å²) in [6.45, 7) is 7.37. The molecule has 8 nitrogen and oxygen atoms in total. The van der Waals surface area contributed by atoms with Crippen molar-refractivity contribution in [3.8, 4) is 28.7 Å². The maximum absolute atomic E-state index is 12.0. The van der Waals surface area contributed by atoms with Gasteiger partial charge in [-0.15, -0.1) is 0 Å². The van der Waals surface area contributed by atoms with Gasteiger partial charge in [-0.2, -0.15) is 0 Å². The van der Waals surface area contributed by atoms with Crippen molar-refractivity contribution < 1.29 is 28.5 Å². The van der Waals surface area contributed by atoms with Crippen LogP contribution in [0.4, 0.5) is 0 Å². The Labute approximate surface area is 235 Å². The molecule has 1 saturated heterocycles. The predicted molar refractivity (Wildman–Crippen MR) is 154 cm³/mol. The summed E-state index contributed by atoms with van der Waals surface area (Å²) in [4.78, 5) is 12.0. The van der Waals surface area contributed by atoms with E-state index in [0.29, 0.717) is 36.9 Å². The fourth-order valence-electron chi connectivity index (χ4n) is 5.08.